The van der Waals surface area contributed by atoms with Gasteiger partial charge in [0.15, 0.2) is 5.60 Å². The van der Waals surface area contributed by atoms with E-state index in [0.717, 1.165) is 19.3 Å². The molecule has 0 fully saturated rings. The Bertz CT molecular complexity index is 1450. The quantitative estimate of drug-likeness (QED) is 0.121. The van der Waals surface area contributed by atoms with Gasteiger partial charge in [-0.25, -0.2) is 4.79 Å². The SMILES string of the molecule is CCCCCCCCCCCCCCCC(=O)Nc1cc(O)cc2c1C1(OC(=O)c3ccccc31)c1ccc(O)cc1O2. The summed E-state index contributed by atoms with van der Waals surface area (Å²) in [4.78, 5) is 26.3. The summed E-state index contributed by atoms with van der Waals surface area (Å²) >= 11 is 0. The molecular formula is C36H43NO6. The van der Waals surface area contributed by atoms with E-state index >= 15 is 0 Å². The van der Waals surface area contributed by atoms with E-state index in [0.29, 0.717) is 40.1 Å². The first kappa shape index (κ1) is 30.5. The molecule has 0 aliphatic carbocycles. The number of phenols is 2. The highest BCUT2D eigenvalue weighted by Crippen LogP contribution is 2.59. The van der Waals surface area contributed by atoms with Crippen molar-refractivity contribution < 1.29 is 29.3 Å². The normalized spacial score (nSPS) is 16.3. The molecule has 5 rings (SSSR count). The Kier molecular flexibility index (Phi) is 9.90. The maximum absolute atomic E-state index is 13.1. The van der Waals surface area contributed by atoms with Crippen LogP contribution < -0.4 is 10.1 Å². The minimum Gasteiger partial charge on any atom is -0.508 e. The number of unbranched alkanes of at least 4 members (excludes halogenated alkanes) is 12. The Balaban J connectivity index is 1.23. The molecule has 3 aromatic carbocycles. The number of hydrogen-bond donors (Lipinski definition) is 3. The van der Waals surface area contributed by atoms with Crippen LogP contribution in [0.3, 0.4) is 0 Å². The molecule has 1 amide bonds. The average Bonchev–Trinajstić information content (AvgIpc) is 3.27. The topological polar surface area (TPSA) is 105 Å². The maximum atomic E-state index is 13.1. The van der Waals surface area contributed by atoms with E-state index in [2.05, 4.69) is 12.2 Å². The predicted octanol–water partition coefficient (Wildman–Crippen LogP) is 9.09. The predicted molar refractivity (Wildman–Crippen MR) is 167 cm³/mol. The van der Waals surface area contributed by atoms with Gasteiger partial charge in [0, 0.05) is 35.7 Å². The third kappa shape index (κ3) is 6.66. The van der Waals surface area contributed by atoms with Crippen molar-refractivity contribution in [3.63, 3.8) is 0 Å². The molecule has 228 valence electrons. The monoisotopic (exact) mass is 585 g/mol. The van der Waals surface area contributed by atoms with Gasteiger partial charge in [-0.2, -0.15) is 0 Å². The number of amides is 1. The summed E-state index contributed by atoms with van der Waals surface area (Å²) in [5.74, 6) is -0.265. The van der Waals surface area contributed by atoms with Gasteiger partial charge in [-0.3, -0.25) is 4.79 Å². The Hall–Kier alpha value is -4.00. The first-order valence-corrected chi connectivity index (χ1v) is 16.0. The largest absolute Gasteiger partial charge is 0.508 e. The summed E-state index contributed by atoms with van der Waals surface area (Å²) in [6, 6.07) is 14.6. The lowest BCUT2D eigenvalue weighted by atomic mass is 9.77. The fourth-order valence-electron chi connectivity index (χ4n) is 6.40. The number of fused-ring (bicyclic) bond motifs is 6. The van der Waals surface area contributed by atoms with Crippen molar-refractivity contribution in [3.8, 4) is 23.0 Å². The van der Waals surface area contributed by atoms with E-state index in [1.54, 1.807) is 18.2 Å². The molecule has 0 radical (unpaired) electrons. The van der Waals surface area contributed by atoms with E-state index in [-0.39, 0.29) is 23.2 Å². The smallest absolute Gasteiger partial charge is 0.340 e. The van der Waals surface area contributed by atoms with Gasteiger partial charge in [0.1, 0.15) is 23.0 Å². The molecule has 0 saturated carbocycles. The van der Waals surface area contributed by atoms with E-state index in [1.807, 2.05) is 12.1 Å². The Labute approximate surface area is 254 Å². The number of esters is 1. The number of aromatic hydroxyl groups is 2. The van der Waals surface area contributed by atoms with Crippen LogP contribution in [-0.4, -0.2) is 22.1 Å². The first-order valence-electron chi connectivity index (χ1n) is 16.0. The summed E-state index contributed by atoms with van der Waals surface area (Å²) in [7, 11) is 0. The fourth-order valence-corrected chi connectivity index (χ4v) is 6.40. The number of nitrogens with one attached hydrogen (secondary N) is 1. The van der Waals surface area contributed by atoms with E-state index in [4.69, 9.17) is 9.47 Å². The van der Waals surface area contributed by atoms with Crippen LogP contribution in [0.4, 0.5) is 5.69 Å². The Morgan fingerprint density at radius 3 is 2.07 bits per heavy atom. The number of anilines is 1. The molecule has 1 atom stereocenters. The van der Waals surface area contributed by atoms with Crippen LogP contribution in [0.5, 0.6) is 23.0 Å². The number of phenolic OH excluding ortho intramolecular Hbond substituents is 2. The van der Waals surface area contributed by atoms with E-state index in [9.17, 15) is 19.8 Å². The van der Waals surface area contributed by atoms with Gasteiger partial charge in [0.2, 0.25) is 5.91 Å². The second-order valence-corrected chi connectivity index (χ2v) is 11.8. The maximum Gasteiger partial charge on any atom is 0.340 e. The first-order chi connectivity index (χ1) is 20.9. The van der Waals surface area contributed by atoms with Gasteiger partial charge < -0.3 is 25.0 Å². The van der Waals surface area contributed by atoms with Crippen molar-refractivity contribution in [2.24, 2.45) is 0 Å². The molecule has 2 aliphatic rings. The van der Waals surface area contributed by atoms with Gasteiger partial charge in [-0.1, -0.05) is 102 Å². The highest BCUT2D eigenvalue weighted by atomic mass is 16.6. The van der Waals surface area contributed by atoms with Crippen LogP contribution in [0.1, 0.15) is 124 Å². The average molecular weight is 586 g/mol. The lowest BCUT2D eigenvalue weighted by molar-refractivity contribution is -0.116. The molecule has 7 heteroatoms. The van der Waals surface area contributed by atoms with E-state index < -0.39 is 11.6 Å². The molecule has 2 aliphatic heterocycles. The van der Waals surface area contributed by atoms with Crippen LogP contribution in [0, 0.1) is 0 Å². The van der Waals surface area contributed by atoms with Gasteiger partial charge in [0.05, 0.1) is 16.8 Å². The number of benzene rings is 3. The van der Waals surface area contributed by atoms with Crippen molar-refractivity contribution in [1.29, 1.82) is 0 Å². The van der Waals surface area contributed by atoms with Gasteiger partial charge in [-0.05, 0) is 24.6 Å². The van der Waals surface area contributed by atoms with Crippen molar-refractivity contribution in [1.82, 2.24) is 0 Å². The highest BCUT2D eigenvalue weighted by Gasteiger charge is 2.55. The lowest BCUT2D eigenvalue weighted by Gasteiger charge is -2.37. The fraction of sp³-hybridized carbons (Fsp3) is 0.444. The van der Waals surface area contributed by atoms with Crippen molar-refractivity contribution in [2.45, 2.75) is 102 Å². The molecule has 43 heavy (non-hydrogen) atoms. The molecule has 1 spiro atoms. The van der Waals surface area contributed by atoms with Crippen LogP contribution in [0.15, 0.2) is 54.6 Å². The molecule has 1 unspecified atom stereocenters. The summed E-state index contributed by atoms with van der Waals surface area (Å²) in [6.07, 6.45) is 16.3. The number of rotatable bonds is 15. The molecule has 7 nitrogen and oxygen atoms in total. The van der Waals surface area contributed by atoms with Crippen LogP contribution >= 0.6 is 0 Å². The zero-order valence-corrected chi connectivity index (χ0v) is 25.1. The lowest BCUT2D eigenvalue weighted by Crippen LogP contribution is -2.34. The molecule has 3 N–H and O–H groups in total. The van der Waals surface area contributed by atoms with Gasteiger partial charge in [-0.15, -0.1) is 0 Å². The zero-order valence-electron chi connectivity index (χ0n) is 25.1. The van der Waals surface area contributed by atoms with Crippen molar-refractivity contribution in [3.05, 3.63) is 76.9 Å². The molecule has 3 aromatic rings. The van der Waals surface area contributed by atoms with Crippen molar-refractivity contribution in [2.75, 3.05) is 5.32 Å². The molecule has 0 aromatic heterocycles. The van der Waals surface area contributed by atoms with E-state index in [1.165, 1.54) is 88.5 Å². The number of carbonyl (C=O) groups is 2. The number of hydrogen-bond acceptors (Lipinski definition) is 6. The third-order valence-corrected chi connectivity index (χ3v) is 8.56. The number of ether oxygens (including phenoxy) is 2. The molecule has 0 bridgehead atoms. The van der Waals surface area contributed by atoms with Gasteiger partial charge in [0.25, 0.3) is 0 Å². The van der Waals surface area contributed by atoms with Crippen LogP contribution in [-0.2, 0) is 15.1 Å². The number of carbonyl (C=O) groups excluding carboxylic acids is 2. The van der Waals surface area contributed by atoms with Gasteiger partial charge >= 0.3 is 5.97 Å². The molecular weight excluding hydrogens is 542 g/mol. The second-order valence-electron chi connectivity index (χ2n) is 11.8. The summed E-state index contributed by atoms with van der Waals surface area (Å²) in [5.41, 5.74) is 0.865. The second kappa shape index (κ2) is 14.0. The standard InChI is InChI=1S/C36H43NO6/c1-2-3-4-5-6-7-8-9-10-11-12-13-14-19-33(40)37-30-22-26(39)24-32-34(30)36(29-21-20-25(38)23-31(29)42-32)28-18-16-15-17-27(28)35(41)43-36/h15-18,20-24,38-39H,2-14,19H2,1H3,(H,37,40). The summed E-state index contributed by atoms with van der Waals surface area (Å²) in [6.45, 7) is 2.25. The molecule has 2 heterocycles. The van der Waals surface area contributed by atoms with Crippen LogP contribution in [0.2, 0.25) is 0 Å². The Morgan fingerprint density at radius 1 is 0.744 bits per heavy atom. The minimum absolute atomic E-state index is 0.0126. The molecule has 0 saturated heterocycles. The van der Waals surface area contributed by atoms with Crippen LogP contribution in [0.25, 0.3) is 0 Å². The minimum atomic E-state index is -1.42. The zero-order chi connectivity index (χ0) is 30.2. The summed E-state index contributed by atoms with van der Waals surface area (Å²) in [5, 5.41) is 23.7. The summed E-state index contributed by atoms with van der Waals surface area (Å²) < 4.78 is 12.3. The third-order valence-electron chi connectivity index (χ3n) is 8.56. The highest BCUT2D eigenvalue weighted by molar-refractivity contribution is 5.99. The Morgan fingerprint density at radius 2 is 1.37 bits per heavy atom. The van der Waals surface area contributed by atoms with Crippen molar-refractivity contribution >= 4 is 17.6 Å².